The molecule has 0 amide bonds. The maximum atomic E-state index is 13.4. The van der Waals surface area contributed by atoms with E-state index in [2.05, 4.69) is 10.3 Å². The van der Waals surface area contributed by atoms with E-state index in [0.717, 1.165) is 17.3 Å². The molecule has 1 aromatic heterocycles. The minimum atomic E-state index is -0.566. The average Bonchev–Trinajstić information content (AvgIpc) is 2.30. The number of anilines is 1. The van der Waals surface area contributed by atoms with Crippen LogP contribution in [0.3, 0.4) is 0 Å². The molecular weight excluding hydrogens is 222 g/mol. The third-order valence-electron chi connectivity index (χ3n) is 2.52. The minimum absolute atomic E-state index is 0.304. The van der Waals surface area contributed by atoms with Crippen LogP contribution in [0.25, 0.3) is 0 Å². The van der Waals surface area contributed by atoms with Crippen molar-refractivity contribution >= 4 is 5.69 Å². The van der Waals surface area contributed by atoms with Gasteiger partial charge in [-0.1, -0.05) is 6.07 Å². The van der Waals surface area contributed by atoms with Crippen LogP contribution in [0.1, 0.15) is 11.1 Å². The molecular formula is C13H12F2N2. The first-order valence-corrected chi connectivity index (χ1v) is 5.25. The first kappa shape index (κ1) is 11.5. The molecule has 0 aliphatic heterocycles. The van der Waals surface area contributed by atoms with Gasteiger partial charge in [0, 0.05) is 24.4 Å². The Kier molecular flexibility index (Phi) is 3.32. The summed E-state index contributed by atoms with van der Waals surface area (Å²) in [6.45, 7) is 2.24. The molecule has 17 heavy (non-hydrogen) atoms. The second kappa shape index (κ2) is 4.91. The highest BCUT2D eigenvalue weighted by molar-refractivity contribution is 5.48. The number of aromatic nitrogens is 1. The van der Waals surface area contributed by atoms with E-state index >= 15 is 0 Å². The normalized spacial score (nSPS) is 10.3. The fourth-order valence-corrected chi connectivity index (χ4v) is 1.50. The lowest BCUT2D eigenvalue weighted by Gasteiger charge is -2.09. The van der Waals surface area contributed by atoms with E-state index in [-0.39, 0.29) is 0 Å². The van der Waals surface area contributed by atoms with Crippen molar-refractivity contribution in [1.82, 2.24) is 4.98 Å². The number of halogens is 2. The molecule has 2 rings (SSSR count). The van der Waals surface area contributed by atoms with Crippen molar-refractivity contribution in [2.45, 2.75) is 13.5 Å². The topological polar surface area (TPSA) is 24.9 Å². The van der Waals surface area contributed by atoms with Gasteiger partial charge in [0.15, 0.2) is 0 Å². The van der Waals surface area contributed by atoms with E-state index in [0.29, 0.717) is 12.1 Å². The molecule has 0 fully saturated rings. The van der Waals surface area contributed by atoms with Gasteiger partial charge in [-0.25, -0.2) is 8.78 Å². The molecule has 0 saturated heterocycles. The highest BCUT2D eigenvalue weighted by Crippen LogP contribution is 2.15. The number of aryl methyl sites for hydroxylation is 1. The van der Waals surface area contributed by atoms with Gasteiger partial charge < -0.3 is 5.32 Å². The molecule has 0 bridgehead atoms. The van der Waals surface area contributed by atoms with Gasteiger partial charge in [-0.3, -0.25) is 4.98 Å². The van der Waals surface area contributed by atoms with Crippen molar-refractivity contribution in [3.63, 3.8) is 0 Å². The molecule has 0 spiro atoms. The van der Waals surface area contributed by atoms with Gasteiger partial charge in [0.2, 0.25) is 0 Å². The number of rotatable bonds is 3. The molecule has 88 valence electrons. The van der Waals surface area contributed by atoms with Gasteiger partial charge >= 0.3 is 0 Å². The Morgan fingerprint density at radius 1 is 1.24 bits per heavy atom. The molecule has 0 aliphatic rings. The third kappa shape index (κ3) is 2.78. The lowest BCUT2D eigenvalue weighted by atomic mass is 10.2. The summed E-state index contributed by atoms with van der Waals surface area (Å²) in [6, 6.07) is 5.43. The van der Waals surface area contributed by atoms with Gasteiger partial charge in [-0.2, -0.15) is 0 Å². The summed E-state index contributed by atoms with van der Waals surface area (Å²) in [7, 11) is 0. The number of hydrogen-bond acceptors (Lipinski definition) is 2. The van der Waals surface area contributed by atoms with Crippen LogP contribution >= 0.6 is 0 Å². The molecule has 1 heterocycles. The van der Waals surface area contributed by atoms with Gasteiger partial charge in [0.1, 0.15) is 11.6 Å². The SMILES string of the molecule is Cc1ccncc1NCc1ccc(F)cc1F. The van der Waals surface area contributed by atoms with E-state index in [1.807, 2.05) is 13.0 Å². The largest absolute Gasteiger partial charge is 0.379 e. The molecule has 1 aromatic carbocycles. The third-order valence-corrected chi connectivity index (χ3v) is 2.52. The maximum Gasteiger partial charge on any atom is 0.131 e. The van der Waals surface area contributed by atoms with E-state index in [9.17, 15) is 8.78 Å². The Morgan fingerprint density at radius 2 is 2.06 bits per heavy atom. The monoisotopic (exact) mass is 234 g/mol. The number of benzene rings is 1. The Labute approximate surface area is 98.3 Å². The summed E-state index contributed by atoms with van der Waals surface area (Å²) in [6.07, 6.45) is 3.37. The molecule has 2 aromatic rings. The molecule has 0 unspecified atom stereocenters. The van der Waals surface area contributed by atoms with Crippen LogP contribution in [0.4, 0.5) is 14.5 Å². The minimum Gasteiger partial charge on any atom is -0.379 e. The zero-order valence-electron chi connectivity index (χ0n) is 9.37. The van der Waals surface area contributed by atoms with Crippen molar-refractivity contribution in [3.8, 4) is 0 Å². The average molecular weight is 234 g/mol. The van der Waals surface area contributed by atoms with Crippen LogP contribution in [0.2, 0.25) is 0 Å². The van der Waals surface area contributed by atoms with Gasteiger partial charge in [-0.05, 0) is 24.6 Å². The van der Waals surface area contributed by atoms with Gasteiger partial charge in [-0.15, -0.1) is 0 Å². The Hall–Kier alpha value is -1.97. The second-order valence-corrected chi connectivity index (χ2v) is 3.78. The first-order valence-electron chi connectivity index (χ1n) is 5.25. The summed E-state index contributed by atoms with van der Waals surface area (Å²) < 4.78 is 26.1. The van der Waals surface area contributed by atoms with Gasteiger partial charge in [0.25, 0.3) is 0 Å². The highest BCUT2D eigenvalue weighted by Gasteiger charge is 2.04. The summed E-state index contributed by atoms with van der Waals surface area (Å²) >= 11 is 0. The lowest BCUT2D eigenvalue weighted by molar-refractivity contribution is 0.574. The van der Waals surface area contributed by atoms with E-state index in [4.69, 9.17) is 0 Å². The number of nitrogens with zero attached hydrogens (tertiary/aromatic N) is 1. The molecule has 4 heteroatoms. The van der Waals surface area contributed by atoms with Crippen molar-refractivity contribution in [2.75, 3.05) is 5.32 Å². The summed E-state index contributed by atoms with van der Waals surface area (Å²) in [5.74, 6) is -1.11. The number of pyridine rings is 1. The maximum absolute atomic E-state index is 13.4. The predicted molar refractivity (Wildman–Crippen MR) is 62.7 cm³/mol. The molecule has 0 aliphatic carbocycles. The summed E-state index contributed by atoms with van der Waals surface area (Å²) in [5, 5.41) is 3.06. The predicted octanol–water partition coefficient (Wildman–Crippen LogP) is 3.28. The molecule has 0 radical (unpaired) electrons. The molecule has 2 nitrogen and oxygen atoms in total. The first-order chi connectivity index (χ1) is 8.16. The van der Waals surface area contributed by atoms with E-state index in [1.54, 1.807) is 12.4 Å². The fourth-order valence-electron chi connectivity index (χ4n) is 1.50. The smallest absolute Gasteiger partial charge is 0.131 e. The Morgan fingerprint density at radius 3 is 2.76 bits per heavy atom. The quantitative estimate of drug-likeness (QED) is 0.881. The second-order valence-electron chi connectivity index (χ2n) is 3.78. The van der Waals surface area contributed by atoms with Crippen LogP contribution in [0.5, 0.6) is 0 Å². The Bertz CT molecular complexity index is 527. The van der Waals surface area contributed by atoms with Crippen molar-refractivity contribution < 1.29 is 8.78 Å². The van der Waals surface area contributed by atoms with E-state index < -0.39 is 11.6 Å². The van der Waals surface area contributed by atoms with Gasteiger partial charge in [0.05, 0.1) is 11.9 Å². The highest BCUT2D eigenvalue weighted by atomic mass is 19.1. The van der Waals surface area contributed by atoms with Crippen LogP contribution in [-0.4, -0.2) is 4.98 Å². The summed E-state index contributed by atoms with van der Waals surface area (Å²) in [5.41, 5.74) is 2.30. The van der Waals surface area contributed by atoms with Crippen molar-refractivity contribution in [1.29, 1.82) is 0 Å². The van der Waals surface area contributed by atoms with Crippen LogP contribution in [-0.2, 0) is 6.54 Å². The number of nitrogens with one attached hydrogen (secondary N) is 1. The van der Waals surface area contributed by atoms with Crippen molar-refractivity contribution in [3.05, 3.63) is 59.4 Å². The lowest BCUT2D eigenvalue weighted by Crippen LogP contribution is -2.03. The Balaban J connectivity index is 2.10. The van der Waals surface area contributed by atoms with Crippen LogP contribution in [0.15, 0.2) is 36.7 Å². The van der Waals surface area contributed by atoms with Crippen LogP contribution < -0.4 is 5.32 Å². The molecule has 1 N–H and O–H groups in total. The fraction of sp³-hybridized carbons (Fsp3) is 0.154. The summed E-state index contributed by atoms with van der Waals surface area (Å²) in [4.78, 5) is 3.98. The zero-order chi connectivity index (χ0) is 12.3. The standard InChI is InChI=1S/C13H12F2N2/c1-9-4-5-16-8-13(9)17-7-10-2-3-11(14)6-12(10)15/h2-6,8,17H,7H2,1H3. The van der Waals surface area contributed by atoms with E-state index in [1.165, 1.54) is 12.1 Å². The molecule has 0 atom stereocenters. The van der Waals surface area contributed by atoms with Crippen molar-refractivity contribution in [2.24, 2.45) is 0 Å². The zero-order valence-corrected chi connectivity index (χ0v) is 9.37. The molecule has 0 saturated carbocycles. The van der Waals surface area contributed by atoms with Crippen LogP contribution in [0, 0.1) is 18.6 Å². The number of hydrogen-bond donors (Lipinski definition) is 1.